The summed E-state index contributed by atoms with van der Waals surface area (Å²) in [6.07, 6.45) is 4.80. The zero-order valence-corrected chi connectivity index (χ0v) is 14.1. The zero-order valence-electron chi connectivity index (χ0n) is 14.1. The van der Waals surface area contributed by atoms with Crippen LogP contribution in [-0.4, -0.2) is 77.2 Å². The molecule has 0 aromatic heterocycles. The van der Waals surface area contributed by atoms with E-state index < -0.39 is 0 Å². The molecule has 0 spiro atoms. The highest BCUT2D eigenvalue weighted by atomic mass is 16.5. The summed E-state index contributed by atoms with van der Waals surface area (Å²) in [5, 5.41) is 3.43. The summed E-state index contributed by atoms with van der Waals surface area (Å²) in [5.74, 6) is 1.62. The fourth-order valence-corrected chi connectivity index (χ4v) is 3.09. The summed E-state index contributed by atoms with van der Waals surface area (Å²) < 4.78 is 16.4. The molecule has 0 radical (unpaired) electrons. The van der Waals surface area contributed by atoms with E-state index in [0.717, 1.165) is 64.9 Å². The second-order valence-electron chi connectivity index (χ2n) is 6.09. The lowest BCUT2D eigenvalue weighted by Crippen LogP contribution is -2.40. The van der Waals surface area contributed by atoms with Crippen LogP contribution in [0.2, 0.25) is 0 Å². The number of ether oxygens (including phenoxy) is 3. The minimum Gasteiger partial charge on any atom is -0.384 e. The molecule has 2 rings (SSSR count). The van der Waals surface area contributed by atoms with Gasteiger partial charge in [0.25, 0.3) is 0 Å². The van der Waals surface area contributed by atoms with E-state index in [2.05, 4.69) is 15.2 Å². The monoisotopic (exact) mass is 313 g/mol. The number of aliphatic imine (C=N–C) groups is 1. The molecular weight excluding hydrogens is 282 g/mol. The van der Waals surface area contributed by atoms with Gasteiger partial charge in [0.2, 0.25) is 0 Å². The summed E-state index contributed by atoms with van der Waals surface area (Å²) in [4.78, 5) is 6.69. The highest BCUT2D eigenvalue weighted by molar-refractivity contribution is 5.80. The lowest BCUT2D eigenvalue weighted by Gasteiger charge is -2.21. The minimum absolute atomic E-state index is 0.322. The number of methoxy groups -OCH3 is 1. The third-order valence-electron chi connectivity index (χ3n) is 4.28. The van der Waals surface area contributed by atoms with Crippen LogP contribution in [0.5, 0.6) is 0 Å². The standard InChI is InChI=1S/C16H31N3O3/c1-17-16(19-8-6-14(11-19)12-20-2)18-7-4-9-21-13-15-5-3-10-22-15/h14-15H,3-13H2,1-2H3,(H,17,18). The Morgan fingerprint density at radius 3 is 3.00 bits per heavy atom. The van der Waals surface area contributed by atoms with Crippen LogP contribution in [0.3, 0.4) is 0 Å². The van der Waals surface area contributed by atoms with Gasteiger partial charge in [-0.25, -0.2) is 0 Å². The average Bonchev–Trinajstić information content (AvgIpc) is 3.19. The van der Waals surface area contributed by atoms with Gasteiger partial charge in [0, 0.05) is 52.9 Å². The first-order valence-electron chi connectivity index (χ1n) is 8.47. The quantitative estimate of drug-likeness (QED) is 0.413. The number of hydrogen-bond acceptors (Lipinski definition) is 4. The Morgan fingerprint density at radius 1 is 1.36 bits per heavy atom. The zero-order chi connectivity index (χ0) is 15.6. The lowest BCUT2D eigenvalue weighted by atomic mass is 10.1. The summed E-state index contributed by atoms with van der Waals surface area (Å²) >= 11 is 0. The second kappa shape index (κ2) is 10.0. The molecule has 0 aliphatic carbocycles. The van der Waals surface area contributed by atoms with E-state index in [1.54, 1.807) is 7.11 Å². The second-order valence-corrected chi connectivity index (χ2v) is 6.09. The molecule has 6 heteroatoms. The highest BCUT2D eigenvalue weighted by Crippen LogP contribution is 2.16. The lowest BCUT2D eigenvalue weighted by molar-refractivity contribution is 0.0168. The van der Waals surface area contributed by atoms with E-state index in [1.165, 1.54) is 12.8 Å². The van der Waals surface area contributed by atoms with Crippen LogP contribution in [-0.2, 0) is 14.2 Å². The van der Waals surface area contributed by atoms with E-state index in [9.17, 15) is 0 Å². The summed E-state index contributed by atoms with van der Waals surface area (Å²) in [5.41, 5.74) is 0. The van der Waals surface area contributed by atoms with E-state index in [-0.39, 0.29) is 0 Å². The first-order valence-corrected chi connectivity index (χ1v) is 8.47. The van der Waals surface area contributed by atoms with E-state index in [1.807, 2.05) is 7.05 Å². The van der Waals surface area contributed by atoms with Gasteiger partial charge in [0.1, 0.15) is 0 Å². The largest absolute Gasteiger partial charge is 0.384 e. The molecule has 2 atom stereocenters. The van der Waals surface area contributed by atoms with Crippen molar-refractivity contribution >= 4 is 5.96 Å². The SMILES string of the molecule is CN=C(NCCCOCC1CCCO1)N1CCC(COC)C1. The van der Waals surface area contributed by atoms with Gasteiger partial charge in [0.05, 0.1) is 19.3 Å². The topological polar surface area (TPSA) is 55.3 Å². The Balaban J connectivity index is 1.53. The molecule has 6 nitrogen and oxygen atoms in total. The van der Waals surface area contributed by atoms with E-state index in [0.29, 0.717) is 12.0 Å². The average molecular weight is 313 g/mol. The number of hydrogen-bond donors (Lipinski definition) is 1. The number of guanidine groups is 1. The number of nitrogens with one attached hydrogen (secondary N) is 1. The molecule has 2 unspecified atom stereocenters. The molecule has 1 N–H and O–H groups in total. The number of likely N-dealkylation sites (tertiary alicyclic amines) is 1. The van der Waals surface area contributed by atoms with Crippen LogP contribution < -0.4 is 5.32 Å². The van der Waals surface area contributed by atoms with Crippen molar-refractivity contribution in [1.82, 2.24) is 10.2 Å². The van der Waals surface area contributed by atoms with Gasteiger partial charge >= 0.3 is 0 Å². The molecule has 2 saturated heterocycles. The molecule has 0 aromatic carbocycles. The Kier molecular flexibility index (Phi) is 7.98. The van der Waals surface area contributed by atoms with Crippen LogP contribution in [0.4, 0.5) is 0 Å². The summed E-state index contributed by atoms with van der Waals surface area (Å²) in [6.45, 7) is 6.22. The first-order chi connectivity index (χ1) is 10.8. The Hall–Kier alpha value is -0.850. The Morgan fingerprint density at radius 2 is 2.27 bits per heavy atom. The molecule has 2 aliphatic rings. The van der Waals surface area contributed by atoms with Crippen LogP contribution >= 0.6 is 0 Å². The molecule has 128 valence electrons. The third kappa shape index (κ3) is 5.74. The van der Waals surface area contributed by atoms with Gasteiger partial charge in [-0.05, 0) is 25.7 Å². The van der Waals surface area contributed by atoms with Crippen molar-refractivity contribution in [1.29, 1.82) is 0 Å². The molecule has 0 bridgehead atoms. The minimum atomic E-state index is 0.322. The normalized spacial score (nSPS) is 25.9. The Bertz CT molecular complexity index is 333. The van der Waals surface area contributed by atoms with Crippen molar-refractivity contribution in [3.05, 3.63) is 0 Å². The van der Waals surface area contributed by atoms with Gasteiger partial charge < -0.3 is 24.4 Å². The van der Waals surface area contributed by atoms with Crippen molar-refractivity contribution < 1.29 is 14.2 Å². The van der Waals surface area contributed by atoms with E-state index >= 15 is 0 Å². The molecule has 0 amide bonds. The molecule has 2 heterocycles. The third-order valence-corrected chi connectivity index (χ3v) is 4.28. The van der Waals surface area contributed by atoms with Crippen LogP contribution in [0.25, 0.3) is 0 Å². The van der Waals surface area contributed by atoms with Crippen molar-refractivity contribution in [3.8, 4) is 0 Å². The van der Waals surface area contributed by atoms with Crippen molar-refractivity contribution in [2.75, 3.05) is 60.2 Å². The van der Waals surface area contributed by atoms with Crippen molar-refractivity contribution in [2.45, 2.75) is 31.8 Å². The molecule has 2 fully saturated rings. The summed E-state index contributed by atoms with van der Waals surface area (Å²) in [7, 11) is 3.62. The first kappa shape index (κ1) is 17.5. The predicted octanol–water partition coefficient (Wildman–Crippen LogP) is 1.12. The van der Waals surface area contributed by atoms with Crippen molar-refractivity contribution in [3.63, 3.8) is 0 Å². The van der Waals surface area contributed by atoms with E-state index in [4.69, 9.17) is 14.2 Å². The van der Waals surface area contributed by atoms with Gasteiger partial charge in [0.15, 0.2) is 5.96 Å². The van der Waals surface area contributed by atoms with Gasteiger partial charge in [-0.3, -0.25) is 4.99 Å². The maximum absolute atomic E-state index is 5.67. The predicted molar refractivity (Wildman–Crippen MR) is 87.3 cm³/mol. The fraction of sp³-hybridized carbons (Fsp3) is 0.938. The van der Waals surface area contributed by atoms with Gasteiger partial charge in [-0.1, -0.05) is 0 Å². The number of rotatable bonds is 8. The Labute approximate surface area is 134 Å². The fourth-order valence-electron chi connectivity index (χ4n) is 3.09. The van der Waals surface area contributed by atoms with Crippen LogP contribution in [0.15, 0.2) is 4.99 Å². The number of nitrogens with zero attached hydrogens (tertiary/aromatic N) is 2. The van der Waals surface area contributed by atoms with Crippen LogP contribution in [0, 0.1) is 5.92 Å². The molecule has 2 aliphatic heterocycles. The smallest absolute Gasteiger partial charge is 0.193 e. The molecule has 0 aromatic rings. The summed E-state index contributed by atoms with van der Waals surface area (Å²) in [6, 6.07) is 0. The van der Waals surface area contributed by atoms with Gasteiger partial charge in [-0.2, -0.15) is 0 Å². The van der Waals surface area contributed by atoms with Gasteiger partial charge in [-0.15, -0.1) is 0 Å². The van der Waals surface area contributed by atoms with Crippen molar-refractivity contribution in [2.24, 2.45) is 10.9 Å². The molecule has 22 heavy (non-hydrogen) atoms. The highest BCUT2D eigenvalue weighted by Gasteiger charge is 2.24. The molecular formula is C16H31N3O3. The van der Waals surface area contributed by atoms with Crippen LogP contribution in [0.1, 0.15) is 25.7 Å². The maximum atomic E-state index is 5.67. The molecule has 0 saturated carbocycles. The maximum Gasteiger partial charge on any atom is 0.193 e.